The van der Waals surface area contributed by atoms with E-state index in [2.05, 4.69) is 13.8 Å². The van der Waals surface area contributed by atoms with E-state index in [0.29, 0.717) is 0 Å². The molecular weight excluding hydrogens is 120 g/mol. The van der Waals surface area contributed by atoms with Gasteiger partial charge in [-0.3, -0.25) is 0 Å². The molecule has 0 aromatic rings. The van der Waals surface area contributed by atoms with Crippen LogP contribution in [0.3, 0.4) is 0 Å². The van der Waals surface area contributed by atoms with E-state index in [1.54, 1.807) is 12.8 Å². The van der Waals surface area contributed by atoms with E-state index >= 15 is 0 Å². The minimum absolute atomic E-state index is 1.08. The molecule has 0 N–H and O–H groups in total. The Hall–Kier alpha value is 0. The van der Waals surface area contributed by atoms with Crippen molar-refractivity contribution in [3.05, 3.63) is 0 Å². The maximum Gasteiger partial charge on any atom is -0.0331 e. The fourth-order valence-corrected chi connectivity index (χ4v) is 3.19. The van der Waals surface area contributed by atoms with E-state index in [0.717, 1.165) is 11.8 Å². The van der Waals surface area contributed by atoms with E-state index in [9.17, 15) is 0 Å². The zero-order valence-electron chi connectivity index (χ0n) is 7.14. The van der Waals surface area contributed by atoms with Gasteiger partial charge in [0.2, 0.25) is 0 Å². The molecule has 2 saturated carbocycles. The maximum absolute atomic E-state index is 2.43. The Balaban J connectivity index is 1.82. The summed E-state index contributed by atoms with van der Waals surface area (Å²) in [6.45, 7) is 4.75. The minimum Gasteiger partial charge on any atom is -0.0654 e. The monoisotopic (exact) mass is 138 g/mol. The summed E-state index contributed by atoms with van der Waals surface area (Å²) >= 11 is 0. The molecule has 0 amide bonds. The highest BCUT2D eigenvalue weighted by atomic mass is 14.6. The first kappa shape index (κ1) is 6.69. The lowest BCUT2D eigenvalue weighted by molar-refractivity contribution is -0.0840. The molecule has 0 aromatic carbocycles. The van der Waals surface area contributed by atoms with Crippen LogP contribution >= 0.6 is 0 Å². The van der Waals surface area contributed by atoms with Gasteiger partial charge in [0.25, 0.3) is 0 Å². The molecule has 4 unspecified atom stereocenters. The summed E-state index contributed by atoms with van der Waals surface area (Å²) in [6, 6.07) is 0. The Morgan fingerprint density at radius 3 is 2.60 bits per heavy atom. The second kappa shape index (κ2) is 2.25. The third-order valence-corrected chi connectivity index (χ3v) is 3.69. The summed E-state index contributed by atoms with van der Waals surface area (Å²) in [6.07, 6.45) is 6.03. The number of fused-ring (bicyclic) bond motifs is 1. The summed E-state index contributed by atoms with van der Waals surface area (Å²) in [5.74, 6) is 4.56. The van der Waals surface area contributed by atoms with Gasteiger partial charge in [-0.25, -0.2) is 0 Å². The molecular formula is C10H18. The molecule has 0 heterocycles. The molecule has 0 saturated heterocycles. The van der Waals surface area contributed by atoms with Crippen LogP contribution in [-0.2, 0) is 0 Å². The SMILES string of the molecule is CCCC1CC2CC(C)C12. The standard InChI is InChI=1S/C10H18/c1-3-4-8-6-9-5-7(2)10(8)9/h7-10H,3-6H2,1-2H3. The lowest BCUT2D eigenvalue weighted by atomic mass is 9.47. The van der Waals surface area contributed by atoms with Crippen LogP contribution in [0.25, 0.3) is 0 Å². The van der Waals surface area contributed by atoms with Crippen LogP contribution in [-0.4, -0.2) is 0 Å². The van der Waals surface area contributed by atoms with Gasteiger partial charge in [-0.15, -0.1) is 0 Å². The summed E-state index contributed by atoms with van der Waals surface area (Å²) in [5, 5.41) is 0. The molecule has 0 nitrogen and oxygen atoms in total. The molecule has 4 atom stereocenters. The Morgan fingerprint density at radius 1 is 1.30 bits per heavy atom. The van der Waals surface area contributed by atoms with Gasteiger partial charge in [-0.05, 0) is 36.5 Å². The van der Waals surface area contributed by atoms with Crippen molar-refractivity contribution in [2.75, 3.05) is 0 Å². The quantitative estimate of drug-likeness (QED) is 0.550. The Labute approximate surface area is 64.0 Å². The minimum atomic E-state index is 1.08. The lowest BCUT2D eigenvalue weighted by Crippen LogP contribution is -2.50. The maximum atomic E-state index is 2.43. The highest BCUT2D eigenvalue weighted by Gasteiger charge is 2.50. The first-order valence-corrected chi connectivity index (χ1v) is 4.83. The second-order valence-corrected chi connectivity index (χ2v) is 4.33. The zero-order valence-corrected chi connectivity index (χ0v) is 7.14. The van der Waals surface area contributed by atoms with Crippen LogP contribution in [0, 0.1) is 23.7 Å². The highest BCUT2D eigenvalue weighted by Crippen LogP contribution is 2.58. The van der Waals surface area contributed by atoms with Gasteiger partial charge in [-0.2, -0.15) is 0 Å². The smallest absolute Gasteiger partial charge is 0.0331 e. The van der Waals surface area contributed by atoms with Crippen molar-refractivity contribution < 1.29 is 0 Å². The molecule has 2 fully saturated rings. The van der Waals surface area contributed by atoms with E-state index in [4.69, 9.17) is 0 Å². The van der Waals surface area contributed by atoms with Gasteiger partial charge in [0.15, 0.2) is 0 Å². The van der Waals surface area contributed by atoms with Crippen LogP contribution in [0.5, 0.6) is 0 Å². The van der Waals surface area contributed by atoms with Crippen LogP contribution in [0.4, 0.5) is 0 Å². The van der Waals surface area contributed by atoms with Crippen LogP contribution in [0.2, 0.25) is 0 Å². The average molecular weight is 138 g/mol. The number of hydrogen-bond donors (Lipinski definition) is 0. The van der Waals surface area contributed by atoms with Crippen molar-refractivity contribution in [1.29, 1.82) is 0 Å². The average Bonchev–Trinajstić information content (AvgIpc) is 1.84. The molecule has 0 aromatic heterocycles. The molecule has 58 valence electrons. The predicted molar refractivity (Wildman–Crippen MR) is 43.8 cm³/mol. The van der Waals surface area contributed by atoms with Gasteiger partial charge in [0.1, 0.15) is 0 Å². The summed E-state index contributed by atoms with van der Waals surface area (Å²) in [4.78, 5) is 0. The molecule has 0 aliphatic heterocycles. The van der Waals surface area contributed by atoms with Crippen molar-refractivity contribution >= 4 is 0 Å². The second-order valence-electron chi connectivity index (χ2n) is 4.33. The molecule has 0 radical (unpaired) electrons. The first-order valence-electron chi connectivity index (χ1n) is 4.83. The highest BCUT2D eigenvalue weighted by molar-refractivity contribution is 5.00. The molecule has 0 bridgehead atoms. The van der Waals surface area contributed by atoms with Crippen LogP contribution < -0.4 is 0 Å². The molecule has 2 aliphatic carbocycles. The number of rotatable bonds is 2. The van der Waals surface area contributed by atoms with E-state index < -0.39 is 0 Å². The summed E-state index contributed by atoms with van der Waals surface area (Å²) in [7, 11) is 0. The topological polar surface area (TPSA) is 0 Å². The van der Waals surface area contributed by atoms with Crippen LogP contribution in [0.1, 0.15) is 39.5 Å². The summed E-state index contributed by atoms with van der Waals surface area (Å²) < 4.78 is 0. The third kappa shape index (κ3) is 0.741. The van der Waals surface area contributed by atoms with E-state index in [-0.39, 0.29) is 0 Å². The van der Waals surface area contributed by atoms with Crippen molar-refractivity contribution in [3.8, 4) is 0 Å². The summed E-state index contributed by atoms with van der Waals surface area (Å²) in [5.41, 5.74) is 0. The van der Waals surface area contributed by atoms with Gasteiger partial charge < -0.3 is 0 Å². The van der Waals surface area contributed by atoms with Crippen molar-refractivity contribution in [1.82, 2.24) is 0 Å². The first-order chi connectivity index (χ1) is 4.83. The van der Waals surface area contributed by atoms with Crippen molar-refractivity contribution in [3.63, 3.8) is 0 Å². The van der Waals surface area contributed by atoms with E-state index in [1.807, 2.05) is 0 Å². The molecule has 2 rings (SSSR count). The Bertz CT molecular complexity index is 122. The van der Waals surface area contributed by atoms with Gasteiger partial charge in [-0.1, -0.05) is 26.7 Å². The van der Waals surface area contributed by atoms with Crippen molar-refractivity contribution in [2.24, 2.45) is 23.7 Å². The Morgan fingerprint density at radius 2 is 2.10 bits per heavy atom. The third-order valence-electron chi connectivity index (χ3n) is 3.69. The number of hydrogen-bond acceptors (Lipinski definition) is 0. The predicted octanol–water partition coefficient (Wildman–Crippen LogP) is 3.08. The van der Waals surface area contributed by atoms with Gasteiger partial charge >= 0.3 is 0 Å². The largest absolute Gasteiger partial charge is 0.0654 e. The normalized spacial score (nSPS) is 51.0. The van der Waals surface area contributed by atoms with Crippen molar-refractivity contribution in [2.45, 2.75) is 39.5 Å². The van der Waals surface area contributed by atoms with Crippen LogP contribution in [0.15, 0.2) is 0 Å². The Kier molecular flexibility index (Phi) is 1.51. The fraction of sp³-hybridized carbons (Fsp3) is 1.00. The lowest BCUT2D eigenvalue weighted by Gasteiger charge is -2.58. The van der Waals surface area contributed by atoms with E-state index in [1.165, 1.54) is 24.7 Å². The molecule has 2 aliphatic rings. The zero-order chi connectivity index (χ0) is 7.14. The van der Waals surface area contributed by atoms with Gasteiger partial charge in [0.05, 0.1) is 0 Å². The molecule has 0 spiro atoms. The molecule has 10 heavy (non-hydrogen) atoms. The molecule has 0 heteroatoms. The fourth-order valence-electron chi connectivity index (χ4n) is 3.19. The van der Waals surface area contributed by atoms with Gasteiger partial charge in [0, 0.05) is 0 Å².